The smallest absolute Gasteiger partial charge is 0.306 e. The zero-order valence-electron chi connectivity index (χ0n) is 35.3. The monoisotopic (exact) mass is 741 g/mol. The van der Waals surface area contributed by atoms with Gasteiger partial charge in [0.05, 0.1) is 13.2 Å². The summed E-state index contributed by atoms with van der Waals surface area (Å²) in [6.45, 7) is 5.20. The zero-order chi connectivity index (χ0) is 38.4. The molecule has 0 fully saturated rings. The van der Waals surface area contributed by atoms with E-state index >= 15 is 0 Å². The Kier molecular flexibility index (Phi) is 44.6. The Morgan fingerprint density at radius 1 is 0.472 bits per heavy atom. The van der Waals surface area contributed by atoms with Crippen LogP contribution in [0.25, 0.3) is 0 Å². The van der Waals surface area contributed by atoms with E-state index in [1.807, 2.05) is 0 Å². The van der Waals surface area contributed by atoms with Crippen LogP contribution in [0.4, 0.5) is 0 Å². The van der Waals surface area contributed by atoms with Crippen LogP contribution in [0.1, 0.15) is 219 Å². The molecule has 0 spiro atoms. The lowest BCUT2D eigenvalue weighted by Gasteiger charge is -2.15. The maximum absolute atomic E-state index is 12.2. The average Bonchev–Trinajstić information content (AvgIpc) is 3.16. The van der Waals surface area contributed by atoms with Crippen molar-refractivity contribution in [3.05, 3.63) is 60.8 Å². The number of carbonyl (C=O) groups excluding carboxylic acids is 1. The molecule has 1 atom stereocenters. The van der Waals surface area contributed by atoms with Gasteiger partial charge in [0.2, 0.25) is 0 Å². The molecule has 53 heavy (non-hydrogen) atoms. The molecule has 0 radical (unpaired) electrons. The van der Waals surface area contributed by atoms with E-state index in [4.69, 9.17) is 9.47 Å². The maximum Gasteiger partial charge on any atom is 0.306 e. The summed E-state index contributed by atoms with van der Waals surface area (Å²) in [7, 11) is 0. The van der Waals surface area contributed by atoms with Gasteiger partial charge in [0.25, 0.3) is 0 Å². The minimum Gasteiger partial charge on any atom is -0.457 e. The van der Waals surface area contributed by atoms with E-state index in [0.29, 0.717) is 13.0 Å². The first-order valence-corrected chi connectivity index (χ1v) is 22.9. The SMILES string of the molecule is CC/C=C\C/C=C\C/C=C\C/C=C\C/C=C\CCCCCCOCC(CO)OC(=O)CCCCCCCCCCCCCCCCCCCCCCC. The van der Waals surface area contributed by atoms with Gasteiger partial charge in [0, 0.05) is 13.0 Å². The molecule has 4 heteroatoms. The van der Waals surface area contributed by atoms with E-state index in [2.05, 4.69) is 74.6 Å². The van der Waals surface area contributed by atoms with Crippen molar-refractivity contribution < 1.29 is 19.4 Å². The van der Waals surface area contributed by atoms with Crippen molar-refractivity contribution in [2.45, 2.75) is 225 Å². The fourth-order valence-corrected chi connectivity index (χ4v) is 6.47. The van der Waals surface area contributed by atoms with Crippen LogP contribution in [0, 0.1) is 0 Å². The Balaban J connectivity index is 3.46. The summed E-state index contributed by atoms with van der Waals surface area (Å²) in [6, 6.07) is 0. The molecule has 0 aliphatic carbocycles. The number of ether oxygens (including phenoxy) is 2. The first-order valence-electron chi connectivity index (χ1n) is 22.9. The minimum absolute atomic E-state index is 0.182. The standard InChI is InChI=1S/C49H88O4/c1-3-5-7-9-11-13-15-17-19-21-23-25-26-28-30-32-34-36-38-40-42-44-49(51)53-48(46-50)47-52-45-43-41-39-37-35-33-31-29-27-24-22-20-18-16-14-12-10-8-6-4-2/h6,8,12,14,18,20,24,27,31,33,48,50H,3-5,7,9-11,13,15-17,19,21-23,25-26,28-30,32,34-47H2,1-2H3/b8-6-,14-12-,20-18-,27-24-,33-31-. The third-order valence-electron chi connectivity index (χ3n) is 9.86. The highest BCUT2D eigenvalue weighted by Crippen LogP contribution is 2.15. The molecule has 1 N–H and O–H groups in total. The molecule has 0 amide bonds. The fourth-order valence-electron chi connectivity index (χ4n) is 6.47. The number of allylic oxidation sites excluding steroid dienone is 10. The maximum atomic E-state index is 12.2. The van der Waals surface area contributed by atoms with Gasteiger partial charge in [-0.05, 0) is 57.8 Å². The summed E-state index contributed by atoms with van der Waals surface area (Å²) >= 11 is 0. The van der Waals surface area contributed by atoms with Gasteiger partial charge in [-0.2, -0.15) is 0 Å². The van der Waals surface area contributed by atoms with Crippen LogP contribution in [-0.4, -0.2) is 37.0 Å². The van der Waals surface area contributed by atoms with Crippen LogP contribution in [0.15, 0.2) is 60.8 Å². The second-order valence-electron chi connectivity index (χ2n) is 15.1. The van der Waals surface area contributed by atoms with Crippen LogP contribution < -0.4 is 0 Å². The van der Waals surface area contributed by atoms with Crippen LogP contribution in [0.5, 0.6) is 0 Å². The van der Waals surface area contributed by atoms with E-state index in [1.54, 1.807) is 0 Å². The molecule has 0 aromatic rings. The molecule has 0 bridgehead atoms. The molecular formula is C49H88O4. The first kappa shape index (κ1) is 51.1. The summed E-state index contributed by atoms with van der Waals surface area (Å²) in [5.74, 6) is -0.208. The second kappa shape index (κ2) is 46.2. The van der Waals surface area contributed by atoms with Gasteiger partial charge >= 0.3 is 5.97 Å². The summed E-state index contributed by atoms with van der Waals surface area (Å²) in [4.78, 5) is 12.2. The van der Waals surface area contributed by atoms with Crippen molar-refractivity contribution in [1.29, 1.82) is 0 Å². The summed E-state index contributed by atoms with van der Waals surface area (Å²) in [6.07, 6.45) is 61.5. The Morgan fingerprint density at radius 2 is 0.849 bits per heavy atom. The van der Waals surface area contributed by atoms with Crippen molar-refractivity contribution in [1.82, 2.24) is 0 Å². The predicted octanol–water partition coefficient (Wildman–Crippen LogP) is 15.2. The molecule has 0 aromatic carbocycles. The topological polar surface area (TPSA) is 55.8 Å². The van der Waals surface area contributed by atoms with Crippen LogP contribution >= 0.6 is 0 Å². The van der Waals surface area contributed by atoms with Gasteiger partial charge in [-0.3, -0.25) is 4.79 Å². The number of unbranched alkanes of at least 4 members (excludes halogenated alkanes) is 24. The van der Waals surface area contributed by atoms with Gasteiger partial charge in [-0.15, -0.1) is 0 Å². The highest BCUT2D eigenvalue weighted by Gasteiger charge is 2.13. The van der Waals surface area contributed by atoms with Crippen molar-refractivity contribution in [2.24, 2.45) is 0 Å². The number of esters is 1. The second-order valence-corrected chi connectivity index (χ2v) is 15.1. The Hall–Kier alpha value is -1.91. The molecule has 0 aliphatic rings. The van der Waals surface area contributed by atoms with Gasteiger partial charge in [-0.25, -0.2) is 0 Å². The first-order chi connectivity index (χ1) is 26.2. The van der Waals surface area contributed by atoms with Gasteiger partial charge in [-0.1, -0.05) is 216 Å². The third-order valence-corrected chi connectivity index (χ3v) is 9.86. The largest absolute Gasteiger partial charge is 0.457 e. The molecular weight excluding hydrogens is 653 g/mol. The highest BCUT2D eigenvalue weighted by atomic mass is 16.6. The molecule has 4 nitrogen and oxygen atoms in total. The molecule has 0 aromatic heterocycles. The van der Waals surface area contributed by atoms with E-state index in [1.165, 1.54) is 135 Å². The van der Waals surface area contributed by atoms with Gasteiger partial charge in [0.1, 0.15) is 6.10 Å². The zero-order valence-corrected chi connectivity index (χ0v) is 35.3. The molecule has 0 saturated heterocycles. The number of carbonyl (C=O) groups is 1. The number of aliphatic hydroxyl groups is 1. The number of rotatable bonds is 42. The van der Waals surface area contributed by atoms with E-state index in [-0.39, 0.29) is 19.2 Å². The highest BCUT2D eigenvalue weighted by molar-refractivity contribution is 5.69. The van der Waals surface area contributed by atoms with Crippen molar-refractivity contribution in [2.75, 3.05) is 19.8 Å². The molecule has 1 unspecified atom stereocenters. The Bertz CT molecular complexity index is 870. The molecule has 0 rings (SSSR count). The molecule has 0 saturated carbocycles. The summed E-state index contributed by atoms with van der Waals surface area (Å²) in [5, 5.41) is 9.62. The van der Waals surface area contributed by atoms with E-state index < -0.39 is 6.10 Å². The summed E-state index contributed by atoms with van der Waals surface area (Å²) < 4.78 is 11.2. The summed E-state index contributed by atoms with van der Waals surface area (Å²) in [5.41, 5.74) is 0. The van der Waals surface area contributed by atoms with Crippen molar-refractivity contribution >= 4 is 5.97 Å². The van der Waals surface area contributed by atoms with Gasteiger partial charge in [0.15, 0.2) is 0 Å². The Morgan fingerprint density at radius 3 is 1.28 bits per heavy atom. The molecule has 0 heterocycles. The molecule has 0 aliphatic heterocycles. The number of hydrogen-bond acceptors (Lipinski definition) is 4. The third kappa shape index (κ3) is 44.4. The average molecular weight is 741 g/mol. The normalized spacial score (nSPS) is 12.9. The molecule has 308 valence electrons. The Labute approximate surface area is 330 Å². The fraction of sp³-hybridized carbons (Fsp3) is 0.776. The van der Waals surface area contributed by atoms with Gasteiger partial charge < -0.3 is 14.6 Å². The van der Waals surface area contributed by atoms with Crippen LogP contribution in [0.2, 0.25) is 0 Å². The van der Waals surface area contributed by atoms with Crippen LogP contribution in [0.3, 0.4) is 0 Å². The lowest BCUT2D eigenvalue weighted by Crippen LogP contribution is -2.27. The van der Waals surface area contributed by atoms with E-state index in [9.17, 15) is 9.90 Å². The van der Waals surface area contributed by atoms with Crippen molar-refractivity contribution in [3.8, 4) is 0 Å². The van der Waals surface area contributed by atoms with E-state index in [0.717, 1.165) is 64.2 Å². The lowest BCUT2D eigenvalue weighted by molar-refractivity contribution is -0.154. The lowest BCUT2D eigenvalue weighted by atomic mass is 10.0. The van der Waals surface area contributed by atoms with Crippen molar-refractivity contribution in [3.63, 3.8) is 0 Å². The predicted molar refractivity (Wildman–Crippen MR) is 233 cm³/mol. The number of hydrogen-bond donors (Lipinski definition) is 1. The minimum atomic E-state index is -0.548. The quantitative estimate of drug-likeness (QED) is 0.0385. The number of aliphatic hydroxyl groups excluding tert-OH is 1. The van der Waals surface area contributed by atoms with Crippen LogP contribution in [-0.2, 0) is 14.3 Å².